The van der Waals surface area contributed by atoms with Crippen LogP contribution in [0.2, 0.25) is 0 Å². The van der Waals surface area contributed by atoms with E-state index in [-0.39, 0.29) is 11.9 Å². The van der Waals surface area contributed by atoms with Crippen LogP contribution in [-0.4, -0.2) is 28.4 Å². The third-order valence-electron chi connectivity index (χ3n) is 2.96. The quantitative estimate of drug-likeness (QED) is 0.904. The summed E-state index contributed by atoms with van der Waals surface area (Å²) in [5.41, 5.74) is 6.87. The molecule has 1 aromatic heterocycles. The van der Waals surface area contributed by atoms with Gasteiger partial charge in [-0.2, -0.15) is 0 Å². The average molecular weight is 298 g/mol. The van der Waals surface area contributed by atoms with Crippen molar-refractivity contribution in [2.75, 3.05) is 6.54 Å². The predicted molar refractivity (Wildman–Crippen MR) is 69.2 cm³/mol. The number of nitrogens with zero attached hydrogens (tertiary/aromatic N) is 2. The topological polar surface area (TPSA) is 59.2 Å². The van der Waals surface area contributed by atoms with Crippen LogP contribution in [0.15, 0.2) is 22.9 Å². The fourth-order valence-corrected chi connectivity index (χ4v) is 2.47. The van der Waals surface area contributed by atoms with Gasteiger partial charge in [-0.05, 0) is 46.8 Å². The van der Waals surface area contributed by atoms with Gasteiger partial charge in [-0.3, -0.25) is 9.78 Å². The van der Waals surface area contributed by atoms with E-state index in [2.05, 4.69) is 20.9 Å². The Hall–Kier alpha value is -0.940. The summed E-state index contributed by atoms with van der Waals surface area (Å²) in [6.07, 6.45) is 6.38. The van der Waals surface area contributed by atoms with E-state index >= 15 is 0 Å². The van der Waals surface area contributed by atoms with E-state index in [0.29, 0.717) is 6.54 Å². The summed E-state index contributed by atoms with van der Waals surface area (Å²) in [5.74, 6) is 0.0578. The van der Waals surface area contributed by atoms with Gasteiger partial charge in [0.05, 0.1) is 6.04 Å². The van der Waals surface area contributed by atoms with Crippen LogP contribution in [0.25, 0.3) is 0 Å². The van der Waals surface area contributed by atoms with Gasteiger partial charge in [0.1, 0.15) is 0 Å². The molecule has 0 bridgehead atoms. The largest absolute Gasteiger partial charge is 0.337 e. The van der Waals surface area contributed by atoms with Gasteiger partial charge in [0.15, 0.2) is 0 Å². The number of hydrogen-bond donors (Lipinski definition) is 1. The first-order valence-electron chi connectivity index (χ1n) is 5.80. The second-order valence-electron chi connectivity index (χ2n) is 4.37. The van der Waals surface area contributed by atoms with Gasteiger partial charge < -0.3 is 10.6 Å². The molecular weight excluding hydrogens is 282 g/mol. The zero-order chi connectivity index (χ0) is 12.3. The molecular formula is C12H16BrN3O. The van der Waals surface area contributed by atoms with Crippen LogP contribution in [0.4, 0.5) is 0 Å². The molecule has 5 heteroatoms. The van der Waals surface area contributed by atoms with Gasteiger partial charge in [0.2, 0.25) is 5.91 Å². The Bertz CT molecular complexity index is 410. The van der Waals surface area contributed by atoms with Crippen molar-refractivity contribution in [2.24, 2.45) is 5.73 Å². The van der Waals surface area contributed by atoms with Crippen LogP contribution >= 0.6 is 15.9 Å². The lowest BCUT2D eigenvalue weighted by atomic mass is 10.1. The van der Waals surface area contributed by atoms with Crippen molar-refractivity contribution in [1.29, 1.82) is 0 Å². The van der Waals surface area contributed by atoms with Crippen LogP contribution in [0.1, 0.15) is 24.8 Å². The van der Waals surface area contributed by atoms with Gasteiger partial charge in [0, 0.05) is 30.0 Å². The maximum atomic E-state index is 12.0. The maximum Gasteiger partial charge on any atom is 0.239 e. The summed E-state index contributed by atoms with van der Waals surface area (Å²) in [6, 6.07) is 1.65. The summed E-state index contributed by atoms with van der Waals surface area (Å²) >= 11 is 3.38. The number of aromatic nitrogens is 1. The van der Waals surface area contributed by atoms with E-state index in [0.717, 1.165) is 35.8 Å². The van der Waals surface area contributed by atoms with E-state index in [9.17, 15) is 4.79 Å². The minimum atomic E-state index is -0.336. The van der Waals surface area contributed by atoms with E-state index in [1.807, 2.05) is 11.0 Å². The molecule has 0 spiro atoms. The highest BCUT2D eigenvalue weighted by Gasteiger charge is 2.23. The molecule has 0 unspecified atom stereocenters. The Morgan fingerprint density at radius 2 is 2.29 bits per heavy atom. The first-order chi connectivity index (χ1) is 8.16. The highest BCUT2D eigenvalue weighted by molar-refractivity contribution is 9.10. The minimum Gasteiger partial charge on any atom is -0.337 e. The van der Waals surface area contributed by atoms with Crippen LogP contribution in [0.3, 0.4) is 0 Å². The Kier molecular flexibility index (Phi) is 4.12. The second-order valence-corrected chi connectivity index (χ2v) is 5.29. The normalized spacial score (nSPS) is 21.4. The molecule has 2 rings (SSSR count). The first kappa shape index (κ1) is 12.5. The molecule has 2 heterocycles. The van der Waals surface area contributed by atoms with E-state index < -0.39 is 0 Å². The van der Waals surface area contributed by atoms with Gasteiger partial charge >= 0.3 is 0 Å². The summed E-state index contributed by atoms with van der Waals surface area (Å²) in [7, 11) is 0. The fraction of sp³-hybridized carbons (Fsp3) is 0.500. The van der Waals surface area contributed by atoms with Gasteiger partial charge in [-0.1, -0.05) is 0 Å². The van der Waals surface area contributed by atoms with Crippen molar-refractivity contribution in [2.45, 2.75) is 31.8 Å². The first-order valence-corrected chi connectivity index (χ1v) is 6.60. The average Bonchev–Trinajstić information content (AvgIpc) is 2.45. The van der Waals surface area contributed by atoms with E-state index in [1.54, 1.807) is 12.4 Å². The molecule has 1 atom stereocenters. The molecule has 92 valence electrons. The number of rotatable bonds is 2. The fourth-order valence-electron chi connectivity index (χ4n) is 2.05. The Morgan fingerprint density at radius 3 is 3.06 bits per heavy atom. The highest BCUT2D eigenvalue weighted by Crippen LogP contribution is 2.16. The Balaban J connectivity index is 2.08. The lowest BCUT2D eigenvalue weighted by Gasteiger charge is -2.22. The molecule has 0 aromatic carbocycles. The Morgan fingerprint density at radius 1 is 1.47 bits per heavy atom. The molecule has 0 saturated carbocycles. The molecule has 2 N–H and O–H groups in total. The molecule has 0 aliphatic carbocycles. The molecule has 1 aliphatic heterocycles. The Labute approximate surface area is 109 Å². The monoisotopic (exact) mass is 297 g/mol. The molecule has 1 amide bonds. The number of amides is 1. The standard InChI is InChI=1S/C12H16BrN3O/c13-10-5-9(6-15-7-10)8-16-4-2-1-3-11(14)12(16)17/h5-7,11H,1-4,8,14H2/t11-/m0/s1. The number of carbonyl (C=O) groups excluding carboxylic acids is 1. The molecule has 1 saturated heterocycles. The lowest BCUT2D eigenvalue weighted by Crippen LogP contribution is -2.41. The zero-order valence-electron chi connectivity index (χ0n) is 9.60. The van der Waals surface area contributed by atoms with Crippen LogP contribution in [0.5, 0.6) is 0 Å². The van der Waals surface area contributed by atoms with Crippen molar-refractivity contribution < 1.29 is 4.79 Å². The van der Waals surface area contributed by atoms with Crippen molar-refractivity contribution >= 4 is 21.8 Å². The van der Waals surface area contributed by atoms with Gasteiger partial charge in [-0.15, -0.1) is 0 Å². The number of nitrogens with two attached hydrogens (primary N) is 1. The maximum absolute atomic E-state index is 12.0. The summed E-state index contributed by atoms with van der Waals surface area (Å²) in [5, 5.41) is 0. The molecule has 1 aromatic rings. The predicted octanol–water partition coefficient (Wildman–Crippen LogP) is 1.68. The minimum absolute atomic E-state index is 0.0578. The molecule has 4 nitrogen and oxygen atoms in total. The number of halogens is 1. The molecule has 1 fully saturated rings. The van der Waals surface area contributed by atoms with Crippen molar-refractivity contribution in [3.8, 4) is 0 Å². The number of likely N-dealkylation sites (tertiary alicyclic amines) is 1. The smallest absolute Gasteiger partial charge is 0.239 e. The summed E-state index contributed by atoms with van der Waals surface area (Å²) in [4.78, 5) is 17.9. The van der Waals surface area contributed by atoms with E-state index in [4.69, 9.17) is 5.73 Å². The number of pyridine rings is 1. The third-order valence-corrected chi connectivity index (χ3v) is 3.39. The lowest BCUT2D eigenvalue weighted by molar-refractivity contribution is -0.132. The van der Waals surface area contributed by atoms with Crippen molar-refractivity contribution in [3.05, 3.63) is 28.5 Å². The third kappa shape index (κ3) is 3.26. The van der Waals surface area contributed by atoms with Crippen LogP contribution in [0, 0.1) is 0 Å². The van der Waals surface area contributed by atoms with Crippen LogP contribution < -0.4 is 5.73 Å². The van der Waals surface area contributed by atoms with Crippen LogP contribution in [-0.2, 0) is 11.3 Å². The number of carbonyl (C=O) groups is 1. The van der Waals surface area contributed by atoms with Crippen molar-refractivity contribution in [1.82, 2.24) is 9.88 Å². The number of hydrogen-bond acceptors (Lipinski definition) is 3. The SMILES string of the molecule is N[C@H]1CCCCN(Cc2cncc(Br)c2)C1=O. The van der Waals surface area contributed by atoms with Gasteiger partial charge in [0.25, 0.3) is 0 Å². The second kappa shape index (κ2) is 5.60. The molecule has 1 aliphatic rings. The summed E-state index contributed by atoms with van der Waals surface area (Å²) in [6.45, 7) is 1.39. The molecule has 17 heavy (non-hydrogen) atoms. The summed E-state index contributed by atoms with van der Waals surface area (Å²) < 4.78 is 0.932. The van der Waals surface area contributed by atoms with Gasteiger partial charge in [-0.25, -0.2) is 0 Å². The van der Waals surface area contributed by atoms with Crippen molar-refractivity contribution in [3.63, 3.8) is 0 Å². The molecule has 0 radical (unpaired) electrons. The highest BCUT2D eigenvalue weighted by atomic mass is 79.9. The van der Waals surface area contributed by atoms with E-state index in [1.165, 1.54) is 0 Å². The zero-order valence-corrected chi connectivity index (χ0v) is 11.2.